The predicted molar refractivity (Wildman–Crippen MR) is 16.8 cm³/mol. The lowest BCUT2D eigenvalue weighted by molar-refractivity contribution is -0.0668. The third kappa shape index (κ3) is 0.576. The van der Waals surface area contributed by atoms with Gasteiger partial charge in [-0.25, -0.2) is 4.94 Å². The molecule has 1 heterocycles. The van der Waals surface area contributed by atoms with E-state index in [-0.39, 0.29) is 0 Å². The molecule has 30 valence electrons. The molecule has 3 nitrogen and oxygen atoms in total. The van der Waals surface area contributed by atoms with Crippen LogP contribution in [-0.4, -0.2) is 18.2 Å². The van der Waals surface area contributed by atoms with Crippen molar-refractivity contribution in [3.63, 3.8) is 0 Å². The van der Waals surface area contributed by atoms with E-state index in [4.69, 9.17) is 0 Å². The zero-order valence-corrected chi connectivity index (χ0v) is 2.85. The largest absolute Gasteiger partial charge is 0.214 e. The number of nitrogens with two attached hydrogens (primary N) is 1. The maximum Gasteiger partial charge on any atom is 0.0412 e. The monoisotopic (exact) mass is 74.0 g/mol. The van der Waals surface area contributed by atoms with Gasteiger partial charge >= 0.3 is 0 Å². The van der Waals surface area contributed by atoms with E-state index in [2.05, 4.69) is 10.8 Å². The molecule has 0 amide bonds. The van der Waals surface area contributed by atoms with Crippen LogP contribution in [0.2, 0.25) is 0 Å². The van der Waals surface area contributed by atoms with E-state index in [1.807, 2.05) is 0 Å². The molecule has 0 spiro atoms. The van der Waals surface area contributed by atoms with Crippen LogP contribution in [0.1, 0.15) is 0 Å². The van der Waals surface area contributed by atoms with Crippen LogP contribution in [0.4, 0.5) is 0 Å². The zero-order chi connectivity index (χ0) is 3.70. The van der Waals surface area contributed by atoms with Crippen LogP contribution in [0.5, 0.6) is 0 Å². The normalized spacial score (nSPS) is 23.4. The maximum atomic E-state index is 4.66. The Bertz CT molecular complexity index is 34.6. The van der Waals surface area contributed by atoms with E-state index >= 15 is 0 Å². The Balaban J connectivity index is 2.00. The van der Waals surface area contributed by atoms with Gasteiger partial charge in [0, 0.05) is 13.1 Å². The van der Waals surface area contributed by atoms with Crippen LogP contribution >= 0.6 is 0 Å². The molecule has 5 heavy (non-hydrogen) atoms. The van der Waals surface area contributed by atoms with E-state index in [0.29, 0.717) is 0 Å². The number of hydroxylamine groups is 2. The van der Waals surface area contributed by atoms with Gasteiger partial charge in [-0.15, -0.1) is 0 Å². The van der Waals surface area contributed by atoms with Gasteiger partial charge in [0.05, 0.1) is 0 Å². The Kier molecular flexibility index (Phi) is 0.574. The first kappa shape index (κ1) is 3.08. The third-order valence-electron chi connectivity index (χ3n) is 0.555. The molecule has 0 bridgehead atoms. The Hall–Kier alpha value is -0.120. The lowest BCUT2D eigenvalue weighted by atomic mass is 11.0. The maximum absolute atomic E-state index is 4.66. The molecule has 0 aromatic heterocycles. The molecule has 3 heteroatoms. The van der Waals surface area contributed by atoms with E-state index in [0.717, 1.165) is 13.1 Å². The summed E-state index contributed by atoms with van der Waals surface area (Å²) >= 11 is 0. The Labute approximate surface area is 30.2 Å². The molecule has 1 fully saturated rings. The lowest BCUT2D eigenvalue weighted by Gasteiger charge is -1.84. The van der Waals surface area contributed by atoms with E-state index in [1.54, 1.807) is 5.06 Å². The second-order valence-corrected chi connectivity index (χ2v) is 1.03. The van der Waals surface area contributed by atoms with Crippen molar-refractivity contribution in [2.24, 2.45) is 5.90 Å². The van der Waals surface area contributed by atoms with Crippen LogP contribution < -0.4 is 5.90 Å². The molecule has 0 unspecified atom stereocenters. The number of nitrogens with zero attached hydrogens (tertiary/aromatic N) is 1. The lowest BCUT2D eigenvalue weighted by Crippen LogP contribution is -2.04. The minimum Gasteiger partial charge on any atom is -0.214 e. The number of hydrogen-bond donors (Lipinski definition) is 1. The second kappa shape index (κ2) is 0.931. The first-order valence-corrected chi connectivity index (χ1v) is 1.55. The highest BCUT2D eigenvalue weighted by atomic mass is 16.8. The average molecular weight is 74.1 g/mol. The van der Waals surface area contributed by atoms with Crippen molar-refractivity contribution >= 4 is 0 Å². The molecule has 0 radical (unpaired) electrons. The topological polar surface area (TPSA) is 38.3 Å². The fraction of sp³-hybridized carbons (Fsp3) is 1.00. The molecular weight excluding hydrogens is 68.0 g/mol. The smallest absolute Gasteiger partial charge is 0.0412 e. The first-order chi connectivity index (χ1) is 2.43. The zero-order valence-electron chi connectivity index (χ0n) is 2.85. The fourth-order valence-corrected chi connectivity index (χ4v) is 0.146. The highest BCUT2D eigenvalue weighted by molar-refractivity contribution is 4.58. The van der Waals surface area contributed by atoms with Crippen molar-refractivity contribution in [2.45, 2.75) is 0 Å². The molecule has 0 aromatic rings. The summed E-state index contributed by atoms with van der Waals surface area (Å²) in [6.07, 6.45) is 0. The summed E-state index contributed by atoms with van der Waals surface area (Å²) < 4.78 is 0. The Morgan fingerprint density at radius 1 is 1.60 bits per heavy atom. The molecule has 1 aliphatic rings. The SMILES string of the molecule is NON1CC1. The predicted octanol–water partition coefficient (Wildman–Crippen LogP) is -0.893. The third-order valence-corrected chi connectivity index (χ3v) is 0.555. The van der Waals surface area contributed by atoms with Gasteiger partial charge in [0.2, 0.25) is 0 Å². The quantitative estimate of drug-likeness (QED) is 0.324. The van der Waals surface area contributed by atoms with Crippen molar-refractivity contribution in [3.8, 4) is 0 Å². The fourth-order valence-electron chi connectivity index (χ4n) is 0.146. The van der Waals surface area contributed by atoms with Crippen molar-refractivity contribution < 1.29 is 4.94 Å². The van der Waals surface area contributed by atoms with Gasteiger partial charge in [0.15, 0.2) is 0 Å². The Morgan fingerprint density at radius 2 is 2.20 bits per heavy atom. The van der Waals surface area contributed by atoms with Crippen LogP contribution in [0.3, 0.4) is 0 Å². The molecule has 0 aromatic carbocycles. The molecule has 1 saturated heterocycles. The minimum absolute atomic E-state index is 0.997. The van der Waals surface area contributed by atoms with E-state index in [9.17, 15) is 0 Å². The van der Waals surface area contributed by atoms with Crippen LogP contribution in [0.25, 0.3) is 0 Å². The van der Waals surface area contributed by atoms with Crippen molar-refractivity contribution in [1.29, 1.82) is 0 Å². The molecule has 0 saturated carbocycles. The Morgan fingerprint density at radius 3 is 2.20 bits per heavy atom. The van der Waals surface area contributed by atoms with Crippen LogP contribution in [-0.2, 0) is 4.94 Å². The van der Waals surface area contributed by atoms with E-state index in [1.165, 1.54) is 0 Å². The summed E-state index contributed by atoms with van der Waals surface area (Å²) in [6, 6.07) is 0. The summed E-state index contributed by atoms with van der Waals surface area (Å²) in [6.45, 7) is 1.99. The van der Waals surface area contributed by atoms with Gasteiger partial charge < -0.3 is 0 Å². The summed E-state index contributed by atoms with van der Waals surface area (Å²) in [4.78, 5) is 4.19. The van der Waals surface area contributed by atoms with E-state index < -0.39 is 0 Å². The molecule has 1 rings (SSSR count). The number of hydrogen-bond acceptors (Lipinski definition) is 3. The molecule has 1 aliphatic heterocycles. The van der Waals surface area contributed by atoms with Crippen molar-refractivity contribution in [1.82, 2.24) is 5.06 Å². The average Bonchev–Trinajstić information content (AvgIpc) is 2.12. The van der Waals surface area contributed by atoms with Crippen LogP contribution in [0.15, 0.2) is 0 Å². The first-order valence-electron chi connectivity index (χ1n) is 1.55. The van der Waals surface area contributed by atoms with Crippen LogP contribution in [0, 0.1) is 0 Å². The summed E-state index contributed by atoms with van der Waals surface area (Å²) in [5.41, 5.74) is 0. The van der Waals surface area contributed by atoms with Gasteiger partial charge in [-0.2, -0.15) is 11.0 Å². The van der Waals surface area contributed by atoms with Gasteiger partial charge in [-0.1, -0.05) is 0 Å². The van der Waals surface area contributed by atoms with Crippen molar-refractivity contribution in [2.75, 3.05) is 13.1 Å². The highest BCUT2D eigenvalue weighted by Crippen LogP contribution is 1.97. The van der Waals surface area contributed by atoms with Gasteiger partial charge in [-0.3, -0.25) is 0 Å². The second-order valence-electron chi connectivity index (χ2n) is 1.03. The van der Waals surface area contributed by atoms with Gasteiger partial charge in [0.1, 0.15) is 0 Å². The summed E-state index contributed by atoms with van der Waals surface area (Å²) in [7, 11) is 0. The number of rotatable bonds is 1. The van der Waals surface area contributed by atoms with Crippen molar-refractivity contribution in [3.05, 3.63) is 0 Å². The molecule has 0 aliphatic carbocycles. The molecular formula is C2H6N2O. The standard InChI is InChI=1S/C2H6N2O/c3-5-4-1-2-4/h1-3H2. The molecule has 0 atom stereocenters. The van der Waals surface area contributed by atoms with Gasteiger partial charge in [-0.05, 0) is 0 Å². The minimum atomic E-state index is 0.997. The van der Waals surface area contributed by atoms with Gasteiger partial charge in [0.25, 0.3) is 0 Å². The summed E-state index contributed by atoms with van der Waals surface area (Å²) in [5.74, 6) is 4.66. The molecule has 2 N–H and O–H groups in total. The highest BCUT2D eigenvalue weighted by Gasteiger charge is 2.15. The summed E-state index contributed by atoms with van der Waals surface area (Å²) in [5, 5.41) is 1.65.